The van der Waals surface area contributed by atoms with Crippen molar-refractivity contribution >= 4 is 23.6 Å². The van der Waals surface area contributed by atoms with Crippen LogP contribution in [0.25, 0.3) is 0 Å². The number of hydrogen-bond donors (Lipinski definition) is 1. The van der Waals surface area contributed by atoms with Crippen LogP contribution in [0.5, 0.6) is 0 Å². The van der Waals surface area contributed by atoms with E-state index in [0.717, 1.165) is 5.56 Å². The standard InChI is InChI=1S/C21H25FN2O2S/c1-15-8-10-17(11-9-15)13-27-14-20(25)24(16(2)21(26)23-3)12-18-6-4-5-7-19(18)22/h4-11,16H,12-14H2,1-3H3,(H,23,26). The average Bonchev–Trinajstić information content (AvgIpc) is 2.67. The van der Waals surface area contributed by atoms with Crippen molar-refractivity contribution in [2.75, 3.05) is 12.8 Å². The van der Waals surface area contributed by atoms with Crippen molar-refractivity contribution < 1.29 is 14.0 Å². The Bertz CT molecular complexity index is 780. The highest BCUT2D eigenvalue weighted by Crippen LogP contribution is 2.17. The van der Waals surface area contributed by atoms with Crippen molar-refractivity contribution in [1.82, 2.24) is 10.2 Å². The molecule has 0 aliphatic carbocycles. The summed E-state index contributed by atoms with van der Waals surface area (Å²) in [6.45, 7) is 3.74. The van der Waals surface area contributed by atoms with Gasteiger partial charge in [-0.15, -0.1) is 11.8 Å². The summed E-state index contributed by atoms with van der Waals surface area (Å²) in [5.41, 5.74) is 2.72. The van der Waals surface area contributed by atoms with Gasteiger partial charge in [-0.05, 0) is 25.5 Å². The van der Waals surface area contributed by atoms with Crippen LogP contribution in [0.1, 0.15) is 23.6 Å². The van der Waals surface area contributed by atoms with Crippen LogP contribution >= 0.6 is 11.8 Å². The van der Waals surface area contributed by atoms with Gasteiger partial charge in [-0.1, -0.05) is 48.0 Å². The van der Waals surface area contributed by atoms with Crippen LogP contribution in [0.2, 0.25) is 0 Å². The van der Waals surface area contributed by atoms with E-state index in [0.29, 0.717) is 11.3 Å². The molecular weight excluding hydrogens is 363 g/mol. The van der Waals surface area contributed by atoms with Gasteiger partial charge < -0.3 is 10.2 Å². The maximum Gasteiger partial charge on any atom is 0.242 e. The van der Waals surface area contributed by atoms with Crippen LogP contribution < -0.4 is 5.32 Å². The number of benzene rings is 2. The predicted molar refractivity (Wildman–Crippen MR) is 108 cm³/mol. The van der Waals surface area contributed by atoms with Crippen LogP contribution in [0.4, 0.5) is 4.39 Å². The van der Waals surface area contributed by atoms with Crippen LogP contribution in [0.15, 0.2) is 48.5 Å². The van der Waals surface area contributed by atoms with E-state index in [1.807, 2.05) is 31.2 Å². The lowest BCUT2D eigenvalue weighted by atomic mass is 10.1. The zero-order valence-electron chi connectivity index (χ0n) is 15.9. The smallest absolute Gasteiger partial charge is 0.242 e. The SMILES string of the molecule is CNC(=O)C(C)N(Cc1ccccc1F)C(=O)CSCc1ccc(C)cc1. The minimum Gasteiger partial charge on any atom is -0.357 e. The van der Waals surface area contributed by atoms with Crippen LogP contribution in [-0.4, -0.2) is 35.6 Å². The Morgan fingerprint density at radius 2 is 1.81 bits per heavy atom. The number of thioether (sulfide) groups is 1. The molecule has 2 amide bonds. The Morgan fingerprint density at radius 3 is 2.44 bits per heavy atom. The molecule has 2 rings (SSSR count). The summed E-state index contributed by atoms with van der Waals surface area (Å²) in [5, 5.41) is 2.55. The van der Waals surface area contributed by atoms with E-state index in [9.17, 15) is 14.0 Å². The van der Waals surface area contributed by atoms with Gasteiger partial charge in [-0.3, -0.25) is 9.59 Å². The first kappa shape index (κ1) is 21.0. The number of rotatable bonds is 8. The van der Waals surface area contributed by atoms with E-state index in [1.54, 1.807) is 25.1 Å². The molecule has 0 aliphatic heterocycles. The highest BCUT2D eigenvalue weighted by atomic mass is 32.2. The van der Waals surface area contributed by atoms with Gasteiger partial charge in [0.15, 0.2) is 0 Å². The van der Waals surface area contributed by atoms with Gasteiger partial charge in [-0.2, -0.15) is 0 Å². The van der Waals surface area contributed by atoms with Crippen molar-refractivity contribution in [2.45, 2.75) is 32.2 Å². The quantitative estimate of drug-likeness (QED) is 0.753. The Morgan fingerprint density at radius 1 is 1.15 bits per heavy atom. The molecule has 27 heavy (non-hydrogen) atoms. The number of aryl methyl sites for hydroxylation is 1. The molecule has 0 aromatic heterocycles. The van der Waals surface area contributed by atoms with Crippen molar-refractivity contribution in [2.24, 2.45) is 0 Å². The minimum atomic E-state index is -0.679. The summed E-state index contributed by atoms with van der Waals surface area (Å²) in [5.74, 6) is 0.0822. The normalized spacial score (nSPS) is 11.7. The highest BCUT2D eigenvalue weighted by Gasteiger charge is 2.26. The van der Waals surface area contributed by atoms with Crippen molar-refractivity contribution in [3.8, 4) is 0 Å². The van der Waals surface area contributed by atoms with Crippen molar-refractivity contribution in [3.05, 3.63) is 71.0 Å². The number of hydrogen-bond acceptors (Lipinski definition) is 3. The second-order valence-electron chi connectivity index (χ2n) is 6.38. The fraction of sp³-hybridized carbons (Fsp3) is 0.333. The third-order valence-electron chi connectivity index (χ3n) is 4.33. The molecule has 0 aliphatic rings. The minimum absolute atomic E-state index is 0.0607. The van der Waals surface area contributed by atoms with Gasteiger partial charge in [-0.25, -0.2) is 4.39 Å². The number of likely N-dealkylation sites (N-methyl/N-ethyl adjacent to an activating group) is 1. The molecule has 0 bridgehead atoms. The first-order valence-corrected chi connectivity index (χ1v) is 9.95. The number of carbonyl (C=O) groups excluding carboxylic acids is 2. The van der Waals surface area contributed by atoms with Crippen molar-refractivity contribution in [1.29, 1.82) is 0 Å². The number of halogens is 1. The summed E-state index contributed by atoms with van der Waals surface area (Å²) in [4.78, 5) is 26.3. The lowest BCUT2D eigenvalue weighted by Gasteiger charge is -2.28. The molecule has 0 fully saturated rings. The molecule has 0 saturated carbocycles. The molecule has 2 aromatic rings. The first-order valence-electron chi connectivity index (χ1n) is 8.80. The second kappa shape index (κ2) is 10.1. The second-order valence-corrected chi connectivity index (χ2v) is 7.37. The van der Waals surface area contributed by atoms with E-state index in [-0.39, 0.29) is 29.9 Å². The molecule has 6 heteroatoms. The van der Waals surface area contributed by atoms with E-state index in [1.165, 1.54) is 35.3 Å². The topological polar surface area (TPSA) is 49.4 Å². The number of nitrogens with one attached hydrogen (secondary N) is 1. The highest BCUT2D eigenvalue weighted by molar-refractivity contribution is 7.99. The summed E-state index contributed by atoms with van der Waals surface area (Å²) in [7, 11) is 1.52. The molecule has 144 valence electrons. The Kier molecular flexibility index (Phi) is 7.85. The Hall–Kier alpha value is -2.34. The van der Waals surface area contributed by atoms with E-state index < -0.39 is 6.04 Å². The first-order chi connectivity index (χ1) is 12.9. The fourth-order valence-electron chi connectivity index (χ4n) is 2.63. The largest absolute Gasteiger partial charge is 0.357 e. The van der Waals surface area contributed by atoms with E-state index in [2.05, 4.69) is 5.32 Å². The predicted octanol–water partition coefficient (Wildman–Crippen LogP) is 3.53. The van der Waals surface area contributed by atoms with Gasteiger partial charge in [0.2, 0.25) is 11.8 Å². The van der Waals surface area contributed by atoms with E-state index in [4.69, 9.17) is 0 Å². The van der Waals surface area contributed by atoms with E-state index >= 15 is 0 Å². The van der Waals surface area contributed by atoms with Crippen LogP contribution in [0, 0.1) is 12.7 Å². The zero-order chi connectivity index (χ0) is 19.8. The van der Waals surface area contributed by atoms with Gasteiger partial charge in [0.05, 0.1) is 5.75 Å². The molecule has 1 unspecified atom stereocenters. The average molecular weight is 389 g/mol. The summed E-state index contributed by atoms with van der Waals surface area (Å²) < 4.78 is 14.0. The van der Waals surface area contributed by atoms with Gasteiger partial charge in [0.1, 0.15) is 11.9 Å². The molecular formula is C21H25FN2O2S. The number of carbonyl (C=O) groups is 2. The molecule has 0 radical (unpaired) electrons. The molecule has 0 heterocycles. The van der Waals surface area contributed by atoms with Gasteiger partial charge in [0.25, 0.3) is 0 Å². The summed E-state index contributed by atoms with van der Waals surface area (Å²) in [6.07, 6.45) is 0. The molecule has 2 aromatic carbocycles. The third-order valence-corrected chi connectivity index (χ3v) is 5.32. The maximum atomic E-state index is 14.0. The summed E-state index contributed by atoms with van der Waals surface area (Å²) >= 11 is 1.48. The molecule has 4 nitrogen and oxygen atoms in total. The van der Waals surface area contributed by atoms with Crippen LogP contribution in [-0.2, 0) is 21.9 Å². The molecule has 0 saturated heterocycles. The molecule has 0 spiro atoms. The Balaban J connectivity index is 2.04. The lowest BCUT2D eigenvalue weighted by Crippen LogP contribution is -2.47. The molecule has 1 atom stereocenters. The summed E-state index contributed by atoms with van der Waals surface area (Å²) in [6, 6.07) is 13.8. The molecule has 1 N–H and O–H groups in total. The lowest BCUT2D eigenvalue weighted by molar-refractivity contribution is -0.138. The maximum absolute atomic E-state index is 14.0. The fourth-order valence-corrected chi connectivity index (χ4v) is 3.50. The van der Waals surface area contributed by atoms with Gasteiger partial charge in [0, 0.05) is 24.9 Å². The monoisotopic (exact) mass is 388 g/mol. The third kappa shape index (κ3) is 6.10. The number of nitrogens with zero attached hydrogens (tertiary/aromatic N) is 1. The number of amides is 2. The van der Waals surface area contributed by atoms with Crippen molar-refractivity contribution in [3.63, 3.8) is 0 Å². The zero-order valence-corrected chi connectivity index (χ0v) is 16.7. The van der Waals surface area contributed by atoms with Gasteiger partial charge >= 0.3 is 0 Å². The van der Waals surface area contributed by atoms with Crippen LogP contribution in [0.3, 0.4) is 0 Å². The Labute approximate surface area is 164 Å².